The van der Waals surface area contributed by atoms with Crippen molar-refractivity contribution in [2.45, 2.75) is 25.6 Å². The number of hydrogen-bond donors (Lipinski definition) is 2. The van der Waals surface area contributed by atoms with Crippen molar-refractivity contribution in [3.8, 4) is 5.75 Å². The molecule has 2 N–H and O–H groups in total. The van der Waals surface area contributed by atoms with Crippen LogP contribution in [0.2, 0.25) is 5.02 Å². The van der Waals surface area contributed by atoms with Gasteiger partial charge in [0, 0.05) is 50.4 Å². The van der Waals surface area contributed by atoms with Crippen LogP contribution in [0.3, 0.4) is 0 Å². The highest BCUT2D eigenvalue weighted by molar-refractivity contribution is 6.30. The Kier molecular flexibility index (Phi) is 7.76. The fourth-order valence-corrected chi connectivity index (χ4v) is 3.75. The Morgan fingerprint density at radius 1 is 1.27 bits per heavy atom. The van der Waals surface area contributed by atoms with E-state index in [0.29, 0.717) is 23.1 Å². The largest absolute Gasteiger partial charge is 0.495 e. The zero-order valence-electron chi connectivity index (χ0n) is 17.5. The summed E-state index contributed by atoms with van der Waals surface area (Å²) in [5.41, 5.74) is 2.50. The lowest BCUT2D eigenvalue weighted by molar-refractivity contribution is 0.181. The van der Waals surface area contributed by atoms with E-state index in [4.69, 9.17) is 21.1 Å². The summed E-state index contributed by atoms with van der Waals surface area (Å²) >= 11 is 6.18. The fraction of sp³-hybridized carbons (Fsp3) is 0.409. The van der Waals surface area contributed by atoms with Gasteiger partial charge in [-0.25, -0.2) is 4.39 Å². The van der Waals surface area contributed by atoms with E-state index in [1.165, 1.54) is 6.07 Å². The molecule has 1 aliphatic rings. The summed E-state index contributed by atoms with van der Waals surface area (Å²) in [4.78, 5) is 6.58. The van der Waals surface area contributed by atoms with Crippen molar-refractivity contribution < 1.29 is 13.9 Å². The van der Waals surface area contributed by atoms with E-state index in [2.05, 4.69) is 20.5 Å². The Labute approximate surface area is 182 Å². The average Bonchev–Trinajstić information content (AvgIpc) is 3.21. The van der Waals surface area contributed by atoms with Crippen molar-refractivity contribution in [2.24, 2.45) is 4.99 Å². The molecule has 0 aliphatic carbocycles. The first-order chi connectivity index (χ1) is 14.5. The molecule has 0 aromatic heterocycles. The predicted octanol–water partition coefficient (Wildman–Crippen LogP) is 3.58. The summed E-state index contributed by atoms with van der Waals surface area (Å²) in [6.45, 7) is 2.49. The molecule has 1 fully saturated rings. The molecule has 1 saturated heterocycles. The van der Waals surface area contributed by atoms with Crippen LogP contribution < -0.4 is 20.3 Å². The van der Waals surface area contributed by atoms with E-state index in [9.17, 15) is 4.39 Å². The maximum Gasteiger partial charge on any atom is 0.191 e. The van der Waals surface area contributed by atoms with E-state index >= 15 is 0 Å². The highest BCUT2D eigenvalue weighted by Gasteiger charge is 2.25. The molecule has 0 radical (unpaired) electrons. The molecule has 3 rings (SSSR count). The average molecular weight is 435 g/mol. The lowest BCUT2D eigenvalue weighted by Gasteiger charge is -2.22. The van der Waals surface area contributed by atoms with Gasteiger partial charge in [0.25, 0.3) is 0 Å². The van der Waals surface area contributed by atoms with Gasteiger partial charge in [-0.2, -0.15) is 0 Å². The van der Waals surface area contributed by atoms with Crippen molar-refractivity contribution in [1.82, 2.24) is 10.6 Å². The molecular weight excluding hydrogens is 407 g/mol. The Morgan fingerprint density at radius 3 is 2.83 bits per heavy atom. The number of nitrogens with one attached hydrogen (secondary N) is 2. The van der Waals surface area contributed by atoms with Gasteiger partial charge in [0.15, 0.2) is 5.96 Å². The molecule has 6 nitrogen and oxygen atoms in total. The Hall–Kier alpha value is -2.51. The van der Waals surface area contributed by atoms with Gasteiger partial charge in [0.1, 0.15) is 11.6 Å². The first-order valence-electron chi connectivity index (χ1n) is 9.86. The van der Waals surface area contributed by atoms with Crippen molar-refractivity contribution >= 4 is 23.2 Å². The van der Waals surface area contributed by atoms with Crippen molar-refractivity contribution in [1.29, 1.82) is 0 Å². The number of ether oxygens (including phenoxy) is 2. The molecule has 2 aromatic rings. The summed E-state index contributed by atoms with van der Waals surface area (Å²) in [5.74, 6) is 1.26. The van der Waals surface area contributed by atoms with E-state index in [1.807, 2.05) is 24.3 Å². The Bertz CT molecular complexity index is 893. The van der Waals surface area contributed by atoms with Gasteiger partial charge in [-0.1, -0.05) is 17.7 Å². The zero-order valence-corrected chi connectivity index (χ0v) is 18.3. The van der Waals surface area contributed by atoms with Crippen molar-refractivity contribution in [3.63, 3.8) is 0 Å². The van der Waals surface area contributed by atoms with Gasteiger partial charge in [-0.15, -0.1) is 0 Å². The first kappa shape index (κ1) is 22.2. The third kappa shape index (κ3) is 5.55. The van der Waals surface area contributed by atoms with Gasteiger partial charge < -0.3 is 25.0 Å². The molecule has 2 aromatic carbocycles. The van der Waals surface area contributed by atoms with Crippen LogP contribution in [0.4, 0.5) is 10.1 Å². The van der Waals surface area contributed by atoms with Crippen LogP contribution >= 0.6 is 11.6 Å². The van der Waals surface area contributed by atoms with E-state index in [0.717, 1.165) is 36.5 Å². The monoisotopic (exact) mass is 434 g/mol. The molecule has 0 saturated carbocycles. The molecule has 0 amide bonds. The smallest absolute Gasteiger partial charge is 0.191 e. The number of aliphatic imine (C=N–C) groups is 1. The molecule has 1 atom stereocenters. The second-order valence-corrected chi connectivity index (χ2v) is 7.61. The summed E-state index contributed by atoms with van der Waals surface area (Å²) in [5, 5.41) is 7.45. The lowest BCUT2D eigenvalue weighted by atomic mass is 10.1. The molecule has 0 bridgehead atoms. The minimum absolute atomic E-state index is 0.233. The van der Waals surface area contributed by atoms with E-state index in [1.54, 1.807) is 27.3 Å². The molecular formula is C22H28ClFN4O2. The van der Waals surface area contributed by atoms with Crippen LogP contribution in [0.1, 0.15) is 17.5 Å². The normalized spacial score (nSPS) is 16.6. The number of hydrogen-bond acceptors (Lipinski definition) is 4. The standard InChI is InChI=1S/C22H28ClFN4O2/c1-25-22(26-12-15-4-6-19(24)16(10-15)14-29-2)27-18-8-9-28(13-18)20-11-17(23)5-7-21(20)30-3/h4-7,10-11,18H,8-9,12-14H2,1-3H3,(H2,25,26,27). The van der Waals surface area contributed by atoms with Crippen LogP contribution in [-0.2, 0) is 17.9 Å². The topological polar surface area (TPSA) is 58.1 Å². The predicted molar refractivity (Wildman–Crippen MR) is 119 cm³/mol. The molecule has 30 heavy (non-hydrogen) atoms. The Balaban J connectivity index is 1.57. The fourth-order valence-electron chi connectivity index (χ4n) is 3.59. The highest BCUT2D eigenvalue weighted by atomic mass is 35.5. The van der Waals surface area contributed by atoms with Crippen LogP contribution in [0, 0.1) is 5.82 Å². The van der Waals surface area contributed by atoms with Gasteiger partial charge in [0.05, 0.1) is 19.4 Å². The maximum absolute atomic E-state index is 13.8. The number of guanidine groups is 1. The molecule has 8 heteroatoms. The number of halogens is 2. The number of nitrogens with zero attached hydrogens (tertiary/aromatic N) is 2. The molecule has 1 aliphatic heterocycles. The third-order valence-corrected chi connectivity index (χ3v) is 5.34. The summed E-state index contributed by atoms with van der Waals surface area (Å²) in [7, 11) is 4.96. The van der Waals surface area contributed by atoms with Crippen molar-refractivity contribution in [3.05, 3.63) is 58.4 Å². The van der Waals surface area contributed by atoms with Crippen LogP contribution in [0.15, 0.2) is 41.4 Å². The lowest BCUT2D eigenvalue weighted by Crippen LogP contribution is -2.44. The molecule has 0 spiro atoms. The minimum atomic E-state index is -0.259. The molecule has 1 heterocycles. The molecule has 162 valence electrons. The SMILES string of the molecule is CN=C(NCc1ccc(F)c(COC)c1)NC1CCN(c2cc(Cl)ccc2OC)C1. The van der Waals surface area contributed by atoms with E-state index in [-0.39, 0.29) is 18.5 Å². The number of methoxy groups -OCH3 is 2. The van der Waals surface area contributed by atoms with Crippen LogP contribution in [-0.4, -0.2) is 46.4 Å². The van der Waals surface area contributed by atoms with Gasteiger partial charge in [-0.3, -0.25) is 4.99 Å². The highest BCUT2D eigenvalue weighted by Crippen LogP contribution is 2.33. The number of benzene rings is 2. The zero-order chi connectivity index (χ0) is 21.5. The maximum atomic E-state index is 13.8. The van der Waals surface area contributed by atoms with Gasteiger partial charge in [0.2, 0.25) is 0 Å². The summed E-state index contributed by atoms with van der Waals surface area (Å²) < 4.78 is 24.3. The Morgan fingerprint density at radius 2 is 2.10 bits per heavy atom. The minimum Gasteiger partial charge on any atom is -0.495 e. The van der Waals surface area contributed by atoms with E-state index < -0.39 is 0 Å². The molecule has 1 unspecified atom stereocenters. The third-order valence-electron chi connectivity index (χ3n) is 5.10. The van der Waals surface area contributed by atoms with Crippen LogP contribution in [0.25, 0.3) is 0 Å². The van der Waals surface area contributed by atoms with Crippen molar-refractivity contribution in [2.75, 3.05) is 39.3 Å². The number of anilines is 1. The van der Waals surface area contributed by atoms with Crippen LogP contribution in [0.5, 0.6) is 5.75 Å². The van der Waals surface area contributed by atoms with Gasteiger partial charge in [-0.05, 0) is 42.3 Å². The second kappa shape index (κ2) is 10.5. The number of rotatable bonds is 7. The second-order valence-electron chi connectivity index (χ2n) is 7.18. The van der Waals surface area contributed by atoms with Gasteiger partial charge >= 0.3 is 0 Å². The quantitative estimate of drug-likeness (QED) is 0.515. The summed E-state index contributed by atoms with van der Waals surface area (Å²) in [6.07, 6.45) is 0.963. The first-order valence-corrected chi connectivity index (χ1v) is 10.2. The summed E-state index contributed by atoms with van der Waals surface area (Å²) in [6, 6.07) is 10.9.